The van der Waals surface area contributed by atoms with E-state index in [1.165, 1.54) is 12.8 Å². The highest BCUT2D eigenvalue weighted by molar-refractivity contribution is 8.76. The van der Waals surface area contributed by atoms with Crippen LogP contribution in [0.5, 0.6) is 0 Å². The zero-order valence-electron chi connectivity index (χ0n) is 6.71. The van der Waals surface area contributed by atoms with Crippen LogP contribution in [-0.4, -0.2) is 35.9 Å². The largest absolute Gasteiger partial charge is 0.342 e. The molecule has 0 atom stereocenters. The Kier molecular flexibility index (Phi) is 4.15. The highest BCUT2D eigenvalue weighted by atomic mass is 33.1. The molecule has 0 aromatic rings. The molecule has 4 heteroatoms. The summed E-state index contributed by atoms with van der Waals surface area (Å²) in [5.74, 6) is 0.947. The maximum atomic E-state index is 11.3. The van der Waals surface area contributed by atoms with Crippen molar-refractivity contribution in [3.05, 3.63) is 0 Å². The fraction of sp³-hybridized carbons (Fsp3) is 0.857. The van der Waals surface area contributed by atoms with Gasteiger partial charge in [-0.3, -0.25) is 4.79 Å². The molecule has 11 heavy (non-hydrogen) atoms. The van der Waals surface area contributed by atoms with Gasteiger partial charge in [0, 0.05) is 13.1 Å². The van der Waals surface area contributed by atoms with Crippen LogP contribution in [0, 0.1) is 0 Å². The molecule has 0 spiro atoms. The summed E-state index contributed by atoms with van der Waals surface area (Å²) in [6.07, 6.45) is 4.38. The van der Waals surface area contributed by atoms with E-state index in [0.717, 1.165) is 13.1 Å². The summed E-state index contributed by atoms with van der Waals surface area (Å²) in [5.41, 5.74) is 0. The molecule has 1 heterocycles. The first kappa shape index (κ1) is 9.26. The lowest BCUT2D eigenvalue weighted by Gasteiger charge is -2.13. The van der Waals surface area contributed by atoms with Crippen LogP contribution in [0.1, 0.15) is 12.8 Å². The second kappa shape index (κ2) is 4.93. The van der Waals surface area contributed by atoms with Crippen molar-refractivity contribution >= 4 is 27.5 Å². The van der Waals surface area contributed by atoms with Crippen LogP contribution in [0.15, 0.2) is 0 Å². The van der Waals surface area contributed by atoms with E-state index in [-0.39, 0.29) is 0 Å². The number of rotatable bonds is 3. The smallest absolute Gasteiger partial charge is 0.233 e. The molecule has 64 valence electrons. The van der Waals surface area contributed by atoms with Crippen LogP contribution in [-0.2, 0) is 4.79 Å². The Balaban J connectivity index is 2.17. The summed E-state index contributed by atoms with van der Waals surface area (Å²) in [5, 5.41) is 0. The summed E-state index contributed by atoms with van der Waals surface area (Å²) in [6.45, 7) is 1.96. The Bertz CT molecular complexity index is 134. The van der Waals surface area contributed by atoms with Gasteiger partial charge in [0.15, 0.2) is 0 Å². The molecule has 1 fully saturated rings. The van der Waals surface area contributed by atoms with E-state index in [9.17, 15) is 4.79 Å². The lowest BCUT2D eigenvalue weighted by Crippen LogP contribution is -2.28. The van der Waals surface area contributed by atoms with E-state index in [0.29, 0.717) is 11.7 Å². The fourth-order valence-electron chi connectivity index (χ4n) is 1.17. The Labute approximate surface area is 75.5 Å². The number of amides is 1. The van der Waals surface area contributed by atoms with Crippen molar-refractivity contribution in [1.29, 1.82) is 0 Å². The minimum Gasteiger partial charge on any atom is -0.342 e. The number of nitrogens with zero attached hydrogens (tertiary/aromatic N) is 1. The van der Waals surface area contributed by atoms with Crippen LogP contribution in [0.25, 0.3) is 0 Å². The molecule has 0 unspecified atom stereocenters. The minimum absolute atomic E-state index is 0.307. The van der Waals surface area contributed by atoms with Gasteiger partial charge in [0.2, 0.25) is 5.91 Å². The van der Waals surface area contributed by atoms with Crippen molar-refractivity contribution in [2.45, 2.75) is 12.8 Å². The highest BCUT2D eigenvalue weighted by Gasteiger charge is 2.16. The van der Waals surface area contributed by atoms with Crippen molar-refractivity contribution in [2.75, 3.05) is 25.1 Å². The van der Waals surface area contributed by atoms with Gasteiger partial charge in [-0.25, -0.2) is 0 Å². The van der Waals surface area contributed by atoms with Crippen molar-refractivity contribution in [3.63, 3.8) is 0 Å². The molecule has 2 nitrogen and oxygen atoms in total. The van der Waals surface area contributed by atoms with Gasteiger partial charge in [-0.15, -0.1) is 0 Å². The third-order valence-corrected chi connectivity index (χ3v) is 3.42. The van der Waals surface area contributed by atoms with E-state index in [4.69, 9.17) is 0 Å². The third-order valence-electron chi connectivity index (χ3n) is 1.76. The normalized spacial score (nSPS) is 17.4. The third kappa shape index (κ3) is 2.95. The number of carbonyl (C=O) groups is 1. The Morgan fingerprint density at radius 2 is 2.09 bits per heavy atom. The molecular weight excluding hydrogens is 178 g/mol. The maximum Gasteiger partial charge on any atom is 0.233 e. The van der Waals surface area contributed by atoms with Gasteiger partial charge < -0.3 is 4.90 Å². The summed E-state index contributed by atoms with van der Waals surface area (Å²) < 4.78 is 0. The number of likely N-dealkylation sites (tertiary alicyclic amines) is 1. The molecule has 0 saturated carbocycles. The van der Waals surface area contributed by atoms with Gasteiger partial charge in [0.05, 0.1) is 5.75 Å². The zero-order chi connectivity index (χ0) is 8.10. The number of hydrogen-bond donors (Lipinski definition) is 0. The topological polar surface area (TPSA) is 20.3 Å². The summed E-state index contributed by atoms with van der Waals surface area (Å²) in [6, 6.07) is 0. The highest BCUT2D eigenvalue weighted by Crippen LogP contribution is 2.18. The Morgan fingerprint density at radius 3 is 2.64 bits per heavy atom. The molecule has 0 aromatic carbocycles. The second-order valence-electron chi connectivity index (χ2n) is 2.52. The van der Waals surface area contributed by atoms with Crippen LogP contribution in [0.2, 0.25) is 0 Å². The molecule has 0 radical (unpaired) electrons. The lowest BCUT2D eigenvalue weighted by molar-refractivity contribution is -0.127. The number of hydrogen-bond acceptors (Lipinski definition) is 3. The Morgan fingerprint density at radius 1 is 1.45 bits per heavy atom. The van der Waals surface area contributed by atoms with Gasteiger partial charge in [0.25, 0.3) is 0 Å². The molecule has 0 aromatic heterocycles. The van der Waals surface area contributed by atoms with Crippen molar-refractivity contribution in [3.8, 4) is 0 Å². The van der Waals surface area contributed by atoms with Crippen molar-refractivity contribution < 1.29 is 4.79 Å². The van der Waals surface area contributed by atoms with E-state index >= 15 is 0 Å². The van der Waals surface area contributed by atoms with Crippen LogP contribution < -0.4 is 0 Å². The second-order valence-corrected chi connectivity index (χ2v) is 5.08. The zero-order valence-corrected chi connectivity index (χ0v) is 8.34. The van der Waals surface area contributed by atoms with Crippen LogP contribution >= 0.6 is 21.6 Å². The molecule has 1 aliphatic heterocycles. The average molecular weight is 191 g/mol. The molecule has 1 aliphatic rings. The van der Waals surface area contributed by atoms with Gasteiger partial charge in [-0.1, -0.05) is 21.6 Å². The van der Waals surface area contributed by atoms with Crippen molar-refractivity contribution in [2.24, 2.45) is 0 Å². The summed E-state index contributed by atoms with van der Waals surface area (Å²) >= 11 is 0. The predicted molar refractivity (Wildman–Crippen MR) is 51.8 cm³/mol. The molecule has 0 aliphatic carbocycles. The van der Waals surface area contributed by atoms with Gasteiger partial charge in [0.1, 0.15) is 0 Å². The van der Waals surface area contributed by atoms with E-state index in [1.807, 2.05) is 11.2 Å². The SMILES string of the molecule is CSSCC(=O)N1CCCC1. The quantitative estimate of drug-likeness (QED) is 0.632. The fourth-order valence-corrected chi connectivity index (χ4v) is 2.22. The summed E-state index contributed by atoms with van der Waals surface area (Å²) in [7, 11) is 3.29. The first-order chi connectivity index (χ1) is 5.34. The average Bonchev–Trinajstić information content (AvgIpc) is 2.52. The van der Waals surface area contributed by atoms with E-state index in [1.54, 1.807) is 21.6 Å². The monoisotopic (exact) mass is 191 g/mol. The van der Waals surface area contributed by atoms with Crippen molar-refractivity contribution in [1.82, 2.24) is 4.90 Å². The standard InChI is InChI=1S/C7H13NOS2/c1-10-11-6-7(9)8-4-2-3-5-8/h2-6H2,1H3. The molecule has 1 amide bonds. The Hall–Kier alpha value is 0.170. The number of carbonyl (C=O) groups excluding carboxylic acids is 1. The molecule has 0 bridgehead atoms. The maximum absolute atomic E-state index is 11.3. The van der Waals surface area contributed by atoms with E-state index in [2.05, 4.69) is 0 Å². The van der Waals surface area contributed by atoms with Crippen LogP contribution in [0.3, 0.4) is 0 Å². The van der Waals surface area contributed by atoms with Gasteiger partial charge >= 0.3 is 0 Å². The first-order valence-corrected chi connectivity index (χ1v) is 6.50. The van der Waals surface area contributed by atoms with Gasteiger partial charge in [-0.2, -0.15) is 0 Å². The van der Waals surface area contributed by atoms with E-state index < -0.39 is 0 Å². The minimum atomic E-state index is 0.307. The molecule has 0 N–H and O–H groups in total. The van der Waals surface area contributed by atoms with Crippen LogP contribution in [0.4, 0.5) is 0 Å². The van der Waals surface area contributed by atoms with Gasteiger partial charge in [-0.05, 0) is 19.1 Å². The molecule has 1 saturated heterocycles. The molecule has 1 rings (SSSR count). The summed E-state index contributed by atoms with van der Waals surface area (Å²) in [4.78, 5) is 13.3. The lowest BCUT2D eigenvalue weighted by atomic mass is 10.4. The molecular formula is C7H13NOS2. The predicted octanol–water partition coefficient (Wildman–Crippen LogP) is 1.62. The first-order valence-electron chi connectivity index (χ1n) is 3.78.